The smallest absolute Gasteiger partial charge is 0.269 e. The van der Waals surface area contributed by atoms with Crippen molar-refractivity contribution in [2.24, 2.45) is 0 Å². The number of hydrazine groups is 1. The highest BCUT2D eigenvalue weighted by Crippen LogP contribution is 2.19. The first-order valence-electron chi connectivity index (χ1n) is 8.92. The third kappa shape index (κ3) is 5.09. The van der Waals surface area contributed by atoms with Gasteiger partial charge in [0.25, 0.3) is 15.9 Å². The van der Waals surface area contributed by atoms with Gasteiger partial charge in [0.1, 0.15) is 5.82 Å². The van der Waals surface area contributed by atoms with Crippen molar-refractivity contribution < 1.29 is 17.6 Å². The van der Waals surface area contributed by atoms with Crippen molar-refractivity contribution in [3.05, 3.63) is 76.9 Å². The molecular formula is C20H20FN5O3S. The number of hydrogen-bond donors (Lipinski definition) is 3. The summed E-state index contributed by atoms with van der Waals surface area (Å²) in [6.07, 6.45) is 0. The van der Waals surface area contributed by atoms with E-state index in [4.69, 9.17) is 0 Å². The highest BCUT2D eigenvalue weighted by atomic mass is 32.2. The molecular weight excluding hydrogens is 409 g/mol. The second kappa shape index (κ2) is 8.46. The van der Waals surface area contributed by atoms with Crippen LogP contribution < -0.4 is 15.6 Å². The van der Waals surface area contributed by atoms with Crippen molar-refractivity contribution in [1.82, 2.24) is 15.4 Å². The zero-order valence-corrected chi connectivity index (χ0v) is 17.3. The van der Waals surface area contributed by atoms with E-state index < -0.39 is 21.7 Å². The highest BCUT2D eigenvalue weighted by molar-refractivity contribution is 7.92. The summed E-state index contributed by atoms with van der Waals surface area (Å²) in [5, 5.41) is 0. The lowest BCUT2D eigenvalue weighted by Crippen LogP contribution is -2.30. The minimum Gasteiger partial charge on any atom is -0.280 e. The minimum atomic E-state index is -3.89. The Morgan fingerprint density at radius 1 is 0.933 bits per heavy atom. The van der Waals surface area contributed by atoms with Gasteiger partial charge in [-0.1, -0.05) is 0 Å². The molecule has 0 saturated heterocycles. The third-order valence-corrected chi connectivity index (χ3v) is 5.49. The Morgan fingerprint density at radius 3 is 2.17 bits per heavy atom. The summed E-state index contributed by atoms with van der Waals surface area (Å²) in [4.78, 5) is 20.5. The molecule has 156 valence electrons. The lowest BCUT2D eigenvalue weighted by molar-refractivity contribution is 0.0962. The Balaban J connectivity index is 1.66. The van der Waals surface area contributed by atoms with Crippen molar-refractivity contribution in [2.75, 3.05) is 10.1 Å². The number of carbonyl (C=O) groups is 1. The number of amides is 1. The normalized spacial score (nSPS) is 11.1. The Kier molecular flexibility index (Phi) is 5.97. The summed E-state index contributed by atoms with van der Waals surface area (Å²) >= 11 is 0. The van der Waals surface area contributed by atoms with Crippen LogP contribution >= 0.6 is 0 Å². The monoisotopic (exact) mass is 429 g/mol. The number of rotatable bonds is 6. The summed E-state index contributed by atoms with van der Waals surface area (Å²) in [7, 11) is -3.89. The van der Waals surface area contributed by atoms with Gasteiger partial charge < -0.3 is 0 Å². The number of halogens is 1. The quantitative estimate of drug-likeness (QED) is 0.519. The number of carbonyl (C=O) groups excluding carboxylic acids is 1. The second-order valence-electron chi connectivity index (χ2n) is 6.65. The van der Waals surface area contributed by atoms with E-state index in [1.165, 1.54) is 43.3 Å². The van der Waals surface area contributed by atoms with Crippen molar-refractivity contribution in [3.8, 4) is 0 Å². The molecule has 0 saturated carbocycles. The molecule has 10 heteroatoms. The molecule has 2 aromatic carbocycles. The molecule has 1 amide bonds. The molecule has 3 aromatic rings. The van der Waals surface area contributed by atoms with Gasteiger partial charge in [-0.2, -0.15) is 0 Å². The topological polar surface area (TPSA) is 113 Å². The molecule has 0 bridgehead atoms. The van der Waals surface area contributed by atoms with Crippen LogP contribution in [0.1, 0.15) is 27.3 Å². The van der Waals surface area contributed by atoms with Gasteiger partial charge in [0, 0.05) is 22.6 Å². The van der Waals surface area contributed by atoms with Gasteiger partial charge >= 0.3 is 0 Å². The van der Waals surface area contributed by atoms with Crippen molar-refractivity contribution >= 4 is 27.6 Å². The molecule has 3 rings (SSSR count). The van der Waals surface area contributed by atoms with Crippen LogP contribution in [0.25, 0.3) is 0 Å². The van der Waals surface area contributed by atoms with Crippen molar-refractivity contribution in [1.29, 1.82) is 0 Å². The number of aryl methyl sites for hydroxylation is 3. The Morgan fingerprint density at radius 2 is 1.57 bits per heavy atom. The van der Waals surface area contributed by atoms with E-state index in [-0.39, 0.29) is 22.1 Å². The summed E-state index contributed by atoms with van der Waals surface area (Å²) in [6.45, 7) is 5.11. The largest absolute Gasteiger partial charge is 0.280 e. The molecule has 0 aliphatic carbocycles. The van der Waals surface area contributed by atoms with Crippen LogP contribution in [0.5, 0.6) is 0 Å². The van der Waals surface area contributed by atoms with Gasteiger partial charge in [-0.25, -0.2) is 22.8 Å². The number of nitrogens with zero attached hydrogens (tertiary/aromatic N) is 2. The molecule has 30 heavy (non-hydrogen) atoms. The third-order valence-electron chi connectivity index (χ3n) is 4.11. The molecule has 0 fully saturated rings. The maximum atomic E-state index is 13.4. The molecule has 1 heterocycles. The van der Waals surface area contributed by atoms with Crippen LogP contribution in [0.15, 0.2) is 53.4 Å². The van der Waals surface area contributed by atoms with Crippen LogP contribution in [-0.4, -0.2) is 24.3 Å². The lowest BCUT2D eigenvalue weighted by atomic mass is 10.2. The first-order valence-corrected chi connectivity index (χ1v) is 10.4. The SMILES string of the molecule is Cc1cc(C)nc(NNC(=O)c2ccc(NS(=O)(=O)c3ccc(F)c(C)c3)cc2)n1. The van der Waals surface area contributed by atoms with Gasteiger partial charge in [-0.05, 0) is 74.9 Å². The van der Waals surface area contributed by atoms with E-state index in [0.717, 1.165) is 17.5 Å². The fourth-order valence-electron chi connectivity index (χ4n) is 2.65. The Labute approximate surface area is 173 Å². The van der Waals surface area contributed by atoms with Gasteiger partial charge in [-0.15, -0.1) is 0 Å². The van der Waals surface area contributed by atoms with Crippen molar-refractivity contribution in [2.45, 2.75) is 25.7 Å². The molecule has 1 aromatic heterocycles. The van der Waals surface area contributed by atoms with E-state index in [1.807, 2.05) is 13.8 Å². The predicted molar refractivity (Wildman–Crippen MR) is 111 cm³/mol. The fraction of sp³-hybridized carbons (Fsp3) is 0.150. The zero-order valence-electron chi connectivity index (χ0n) is 16.5. The Bertz CT molecular complexity index is 1180. The van der Waals surface area contributed by atoms with E-state index in [2.05, 4.69) is 25.5 Å². The Hall–Kier alpha value is -3.53. The molecule has 8 nitrogen and oxygen atoms in total. The van der Waals surface area contributed by atoms with E-state index in [1.54, 1.807) is 6.07 Å². The van der Waals surface area contributed by atoms with Crippen LogP contribution in [0.3, 0.4) is 0 Å². The molecule has 0 aliphatic rings. The minimum absolute atomic E-state index is 0.0548. The summed E-state index contributed by atoms with van der Waals surface area (Å²) in [5.74, 6) is -0.662. The van der Waals surface area contributed by atoms with Gasteiger partial charge in [0.2, 0.25) is 5.95 Å². The summed E-state index contributed by atoms with van der Waals surface area (Å²) in [5.41, 5.74) is 7.43. The second-order valence-corrected chi connectivity index (χ2v) is 8.33. The van der Waals surface area contributed by atoms with E-state index >= 15 is 0 Å². The molecule has 0 radical (unpaired) electrons. The average Bonchev–Trinajstić information content (AvgIpc) is 2.67. The predicted octanol–water partition coefficient (Wildman–Crippen LogP) is 3.10. The number of hydrogen-bond acceptors (Lipinski definition) is 6. The number of aromatic nitrogens is 2. The van der Waals surface area contributed by atoms with E-state index in [9.17, 15) is 17.6 Å². The number of benzene rings is 2. The maximum absolute atomic E-state index is 13.4. The molecule has 0 unspecified atom stereocenters. The van der Waals surface area contributed by atoms with Gasteiger partial charge in [-0.3, -0.25) is 20.4 Å². The zero-order chi connectivity index (χ0) is 21.9. The molecule has 0 aliphatic heterocycles. The van der Waals surface area contributed by atoms with Crippen LogP contribution in [0.2, 0.25) is 0 Å². The summed E-state index contributed by atoms with van der Waals surface area (Å²) < 4.78 is 40.7. The lowest BCUT2D eigenvalue weighted by Gasteiger charge is -2.11. The summed E-state index contributed by atoms with van der Waals surface area (Å²) in [6, 6.07) is 11.2. The molecule has 0 spiro atoms. The van der Waals surface area contributed by atoms with Gasteiger partial charge in [0.15, 0.2) is 0 Å². The van der Waals surface area contributed by atoms with Crippen LogP contribution in [0, 0.1) is 26.6 Å². The molecule has 3 N–H and O–H groups in total. The first-order chi connectivity index (χ1) is 14.1. The van der Waals surface area contributed by atoms with Gasteiger partial charge in [0.05, 0.1) is 4.90 Å². The number of nitrogens with one attached hydrogen (secondary N) is 3. The van der Waals surface area contributed by atoms with E-state index in [0.29, 0.717) is 5.56 Å². The standard InChI is InChI=1S/C20H20FN5O3S/c1-12-10-17(8-9-18(12)21)30(28,29)26-16-6-4-15(5-7-16)19(27)24-25-20-22-13(2)11-14(3)23-20/h4-11,26H,1-3H3,(H,24,27)(H,22,23,25). The molecule has 0 atom stereocenters. The van der Waals surface area contributed by atoms with Crippen LogP contribution in [-0.2, 0) is 10.0 Å². The first kappa shape index (κ1) is 21.2. The maximum Gasteiger partial charge on any atom is 0.269 e. The fourth-order valence-corrected chi connectivity index (χ4v) is 3.80. The van der Waals surface area contributed by atoms with Crippen molar-refractivity contribution in [3.63, 3.8) is 0 Å². The highest BCUT2D eigenvalue weighted by Gasteiger charge is 2.16. The average molecular weight is 429 g/mol. The number of sulfonamides is 1. The van der Waals surface area contributed by atoms with Crippen LogP contribution in [0.4, 0.5) is 16.0 Å². The number of anilines is 2.